The second kappa shape index (κ2) is 6.54. The van der Waals surface area contributed by atoms with Gasteiger partial charge in [0.25, 0.3) is 0 Å². The van der Waals surface area contributed by atoms with Crippen LogP contribution in [0.2, 0.25) is 0 Å². The fraction of sp³-hybridized carbons (Fsp3) is 0.600. The van der Waals surface area contributed by atoms with Crippen LogP contribution in [0.25, 0.3) is 0 Å². The lowest BCUT2D eigenvalue weighted by atomic mass is 9.87. The van der Waals surface area contributed by atoms with E-state index in [4.69, 9.17) is 4.74 Å². The Kier molecular flexibility index (Phi) is 4.99. The molecule has 0 bridgehead atoms. The maximum atomic E-state index is 9.64. The molecule has 0 saturated heterocycles. The summed E-state index contributed by atoms with van der Waals surface area (Å²) < 4.78 is 5.17. The lowest BCUT2D eigenvalue weighted by Gasteiger charge is -2.26. The summed E-state index contributed by atoms with van der Waals surface area (Å²) in [5, 5.41) is 32.1. The molecule has 4 N–H and O–H groups in total. The van der Waals surface area contributed by atoms with Crippen LogP contribution in [0.1, 0.15) is 18.4 Å². The third-order valence-electron chi connectivity index (χ3n) is 4.03. The first-order valence-corrected chi connectivity index (χ1v) is 6.89. The number of aliphatic hydroxyl groups excluding tert-OH is 3. The summed E-state index contributed by atoms with van der Waals surface area (Å²) in [6.45, 7) is 1.19. The molecule has 1 saturated carbocycles. The molecule has 0 aliphatic heterocycles. The van der Waals surface area contributed by atoms with E-state index in [2.05, 4.69) is 5.32 Å². The molecule has 1 aromatic carbocycles. The number of aliphatic hydroxyl groups is 3. The first-order valence-electron chi connectivity index (χ1n) is 6.89. The molecule has 0 aromatic heterocycles. The third-order valence-corrected chi connectivity index (χ3v) is 4.03. The molecular weight excluding hydrogens is 258 g/mol. The van der Waals surface area contributed by atoms with Gasteiger partial charge in [0.15, 0.2) is 0 Å². The minimum atomic E-state index is -0.735. The van der Waals surface area contributed by atoms with Gasteiger partial charge in [-0.05, 0) is 30.5 Å². The Bertz CT molecular complexity index is 428. The Morgan fingerprint density at radius 3 is 2.60 bits per heavy atom. The van der Waals surface area contributed by atoms with Gasteiger partial charge in [0.05, 0.1) is 25.9 Å². The largest absolute Gasteiger partial charge is 0.497 e. The van der Waals surface area contributed by atoms with Crippen molar-refractivity contribution < 1.29 is 20.1 Å². The molecule has 2 rings (SSSR count). The molecule has 0 heterocycles. The quantitative estimate of drug-likeness (QED) is 0.602. The van der Waals surface area contributed by atoms with Crippen LogP contribution in [-0.4, -0.2) is 47.8 Å². The van der Waals surface area contributed by atoms with Crippen molar-refractivity contribution in [3.05, 3.63) is 29.8 Å². The van der Waals surface area contributed by atoms with Gasteiger partial charge in [0, 0.05) is 18.5 Å². The van der Waals surface area contributed by atoms with E-state index in [-0.39, 0.29) is 6.61 Å². The van der Waals surface area contributed by atoms with Crippen molar-refractivity contribution in [1.82, 2.24) is 5.32 Å². The summed E-state index contributed by atoms with van der Waals surface area (Å²) in [6, 6.07) is 7.78. The Morgan fingerprint density at radius 1 is 1.30 bits per heavy atom. The van der Waals surface area contributed by atoms with Crippen LogP contribution in [0, 0.1) is 5.41 Å². The van der Waals surface area contributed by atoms with Crippen LogP contribution >= 0.6 is 0 Å². The predicted molar refractivity (Wildman–Crippen MR) is 75.5 cm³/mol. The Hall–Kier alpha value is -1.14. The average Bonchev–Trinajstić information content (AvgIpc) is 2.75. The maximum Gasteiger partial charge on any atom is 0.119 e. The summed E-state index contributed by atoms with van der Waals surface area (Å²) in [5.74, 6) is 0.813. The summed E-state index contributed by atoms with van der Waals surface area (Å²) in [4.78, 5) is 0. The summed E-state index contributed by atoms with van der Waals surface area (Å²) in [7, 11) is 1.63. The highest BCUT2D eigenvalue weighted by Crippen LogP contribution is 2.37. The molecule has 5 nitrogen and oxygen atoms in total. The van der Waals surface area contributed by atoms with Crippen molar-refractivity contribution in [3.8, 4) is 5.75 Å². The second-order valence-corrected chi connectivity index (χ2v) is 5.66. The zero-order valence-corrected chi connectivity index (χ0v) is 11.7. The molecule has 5 heteroatoms. The number of methoxy groups -OCH3 is 1. The monoisotopic (exact) mass is 281 g/mol. The predicted octanol–water partition coefficient (Wildman–Crippen LogP) is 0.279. The van der Waals surface area contributed by atoms with Crippen molar-refractivity contribution in [2.45, 2.75) is 31.6 Å². The lowest BCUT2D eigenvalue weighted by molar-refractivity contribution is 0.0438. The molecule has 20 heavy (non-hydrogen) atoms. The van der Waals surface area contributed by atoms with E-state index in [1.54, 1.807) is 7.11 Å². The van der Waals surface area contributed by atoms with Gasteiger partial charge in [-0.3, -0.25) is 0 Å². The molecule has 0 spiro atoms. The Balaban J connectivity index is 1.88. The van der Waals surface area contributed by atoms with Crippen molar-refractivity contribution >= 4 is 0 Å². The van der Waals surface area contributed by atoms with Crippen molar-refractivity contribution in [3.63, 3.8) is 0 Å². The number of ether oxygens (including phenoxy) is 1. The van der Waals surface area contributed by atoms with Crippen LogP contribution in [-0.2, 0) is 6.54 Å². The fourth-order valence-corrected chi connectivity index (χ4v) is 2.83. The SMILES string of the molecule is COc1cccc(CNCC2(CO)C[C@@H](O)[C@@H](O)C2)c1. The van der Waals surface area contributed by atoms with Gasteiger partial charge in [0.2, 0.25) is 0 Å². The highest BCUT2D eigenvalue weighted by atomic mass is 16.5. The molecule has 1 aliphatic rings. The Labute approximate surface area is 119 Å². The summed E-state index contributed by atoms with van der Waals surface area (Å²) in [5.41, 5.74) is 0.661. The third kappa shape index (κ3) is 3.49. The van der Waals surface area contributed by atoms with Gasteiger partial charge in [0.1, 0.15) is 5.75 Å². The normalized spacial score (nSPS) is 29.6. The zero-order chi connectivity index (χ0) is 14.6. The number of nitrogens with one attached hydrogen (secondary N) is 1. The molecule has 1 aromatic rings. The van der Waals surface area contributed by atoms with E-state index >= 15 is 0 Å². The molecular formula is C15H23NO4. The van der Waals surface area contributed by atoms with Crippen molar-refractivity contribution in [2.24, 2.45) is 5.41 Å². The van der Waals surface area contributed by atoms with Crippen molar-refractivity contribution in [1.29, 1.82) is 0 Å². The van der Waals surface area contributed by atoms with Gasteiger partial charge >= 0.3 is 0 Å². The maximum absolute atomic E-state index is 9.64. The number of hydrogen-bond donors (Lipinski definition) is 4. The van der Waals surface area contributed by atoms with Gasteiger partial charge in [-0.15, -0.1) is 0 Å². The van der Waals surface area contributed by atoms with Crippen LogP contribution in [0.3, 0.4) is 0 Å². The Morgan fingerprint density at radius 2 is 2.00 bits per heavy atom. The topological polar surface area (TPSA) is 82.0 Å². The van der Waals surface area contributed by atoms with E-state index in [0.29, 0.717) is 25.9 Å². The lowest BCUT2D eigenvalue weighted by Crippen LogP contribution is -2.35. The van der Waals surface area contributed by atoms with Gasteiger partial charge < -0.3 is 25.4 Å². The standard InChI is InChI=1S/C15H23NO4/c1-20-12-4-2-3-11(5-12)8-16-9-15(10-17)6-13(18)14(19)7-15/h2-5,13-14,16-19H,6-10H2,1H3/t13-,14+,15?. The molecule has 1 aliphatic carbocycles. The van der Waals surface area contributed by atoms with Crippen LogP contribution in [0.4, 0.5) is 0 Å². The fourth-order valence-electron chi connectivity index (χ4n) is 2.83. The van der Waals surface area contributed by atoms with Crippen LogP contribution < -0.4 is 10.1 Å². The highest BCUT2D eigenvalue weighted by Gasteiger charge is 2.43. The summed E-state index contributed by atoms with van der Waals surface area (Å²) >= 11 is 0. The first kappa shape index (κ1) is 15.3. The first-order chi connectivity index (χ1) is 9.58. The highest BCUT2D eigenvalue weighted by molar-refractivity contribution is 5.28. The molecule has 112 valence electrons. The van der Waals surface area contributed by atoms with Crippen LogP contribution in [0.5, 0.6) is 5.75 Å². The van der Waals surface area contributed by atoms with E-state index in [1.807, 2.05) is 24.3 Å². The zero-order valence-electron chi connectivity index (χ0n) is 11.7. The van der Waals surface area contributed by atoms with E-state index in [1.165, 1.54) is 0 Å². The average molecular weight is 281 g/mol. The van der Waals surface area contributed by atoms with Gasteiger partial charge in [-0.2, -0.15) is 0 Å². The number of rotatable bonds is 6. The van der Waals surface area contributed by atoms with E-state index in [0.717, 1.165) is 11.3 Å². The van der Waals surface area contributed by atoms with E-state index < -0.39 is 17.6 Å². The van der Waals surface area contributed by atoms with Crippen LogP contribution in [0.15, 0.2) is 24.3 Å². The number of benzene rings is 1. The number of hydrogen-bond acceptors (Lipinski definition) is 5. The molecule has 1 unspecified atom stereocenters. The van der Waals surface area contributed by atoms with Gasteiger partial charge in [-0.25, -0.2) is 0 Å². The minimum Gasteiger partial charge on any atom is -0.497 e. The molecule has 0 amide bonds. The molecule has 0 radical (unpaired) electrons. The van der Waals surface area contributed by atoms with E-state index in [9.17, 15) is 15.3 Å². The summed E-state index contributed by atoms with van der Waals surface area (Å²) in [6.07, 6.45) is -0.618. The van der Waals surface area contributed by atoms with Gasteiger partial charge in [-0.1, -0.05) is 12.1 Å². The van der Waals surface area contributed by atoms with Crippen molar-refractivity contribution in [2.75, 3.05) is 20.3 Å². The second-order valence-electron chi connectivity index (χ2n) is 5.66. The minimum absolute atomic E-state index is 0.0355. The molecule has 3 atom stereocenters. The molecule has 1 fully saturated rings. The smallest absolute Gasteiger partial charge is 0.119 e.